The summed E-state index contributed by atoms with van der Waals surface area (Å²) in [7, 11) is 1.70. The van der Waals surface area contributed by atoms with Crippen LogP contribution in [0.5, 0.6) is 0 Å². The van der Waals surface area contributed by atoms with Crippen molar-refractivity contribution in [2.45, 2.75) is 25.4 Å². The summed E-state index contributed by atoms with van der Waals surface area (Å²) in [6, 6.07) is 12.8. The highest BCUT2D eigenvalue weighted by molar-refractivity contribution is 6.25. The molecule has 3 amide bonds. The van der Waals surface area contributed by atoms with Crippen LogP contribution in [-0.2, 0) is 17.8 Å². The van der Waals surface area contributed by atoms with E-state index in [0.29, 0.717) is 25.3 Å². The van der Waals surface area contributed by atoms with Gasteiger partial charge >= 0.3 is 12.0 Å². The van der Waals surface area contributed by atoms with E-state index in [0.717, 1.165) is 36.8 Å². The van der Waals surface area contributed by atoms with E-state index in [2.05, 4.69) is 4.58 Å². The van der Waals surface area contributed by atoms with E-state index in [4.69, 9.17) is 9.41 Å². The molecule has 0 saturated carbocycles. The Bertz CT molecular complexity index is 1030. The SMILES string of the molecule is CN1C(=O)N(CCc2ccccc2)C(=O)C2C1=NC1=[N+](Cc3ccco3)CCCN12. The summed E-state index contributed by atoms with van der Waals surface area (Å²) in [4.78, 5) is 36.0. The van der Waals surface area contributed by atoms with E-state index in [1.165, 1.54) is 9.80 Å². The molecule has 1 aromatic carbocycles. The molecule has 1 atom stereocenters. The number of amidine groups is 1. The molecular weight excluding hydrogens is 382 g/mol. The lowest BCUT2D eigenvalue weighted by molar-refractivity contribution is -0.556. The minimum atomic E-state index is -0.544. The van der Waals surface area contributed by atoms with Crippen LogP contribution in [0.2, 0.25) is 0 Å². The highest BCUT2D eigenvalue weighted by atomic mass is 16.3. The van der Waals surface area contributed by atoms with Gasteiger partial charge in [0.1, 0.15) is 12.3 Å². The van der Waals surface area contributed by atoms with E-state index >= 15 is 0 Å². The van der Waals surface area contributed by atoms with Crippen molar-refractivity contribution in [3.05, 3.63) is 60.1 Å². The van der Waals surface area contributed by atoms with Crippen LogP contribution >= 0.6 is 0 Å². The van der Waals surface area contributed by atoms with Crippen LogP contribution in [0.3, 0.4) is 0 Å². The molecule has 0 bridgehead atoms. The quantitative estimate of drug-likeness (QED) is 0.710. The van der Waals surface area contributed by atoms with Crippen LogP contribution in [0, 0.1) is 0 Å². The van der Waals surface area contributed by atoms with Crippen molar-refractivity contribution in [3.8, 4) is 0 Å². The molecule has 0 aliphatic carbocycles. The average molecular weight is 406 g/mol. The van der Waals surface area contributed by atoms with E-state index in [1.54, 1.807) is 13.3 Å². The highest BCUT2D eigenvalue weighted by Gasteiger charge is 2.56. The molecular formula is C22H24N5O3+. The molecule has 30 heavy (non-hydrogen) atoms. The topological polar surface area (TPSA) is 72.4 Å². The van der Waals surface area contributed by atoms with Crippen molar-refractivity contribution in [2.75, 3.05) is 26.7 Å². The Morgan fingerprint density at radius 1 is 1.17 bits per heavy atom. The number of guanidine groups is 1. The van der Waals surface area contributed by atoms with Gasteiger partial charge in [-0.3, -0.25) is 19.2 Å². The maximum absolute atomic E-state index is 13.4. The monoisotopic (exact) mass is 406 g/mol. The molecule has 8 heteroatoms. The number of amides is 3. The zero-order valence-corrected chi connectivity index (χ0v) is 16.9. The van der Waals surface area contributed by atoms with E-state index in [-0.39, 0.29) is 11.9 Å². The van der Waals surface area contributed by atoms with Crippen molar-refractivity contribution in [2.24, 2.45) is 4.99 Å². The van der Waals surface area contributed by atoms with Crippen LogP contribution in [-0.4, -0.2) is 75.7 Å². The lowest BCUT2D eigenvalue weighted by Gasteiger charge is -2.35. The standard InChI is InChI=1S/C22H24N5O3/c1-24-19-18(20(28)27(22(24)29)13-10-16-7-3-2-4-8-16)26-12-6-11-25(21(26)23-19)15-17-9-5-14-30-17/h2-5,7-9,14,18H,6,10-13,15H2,1H3/q+1. The molecule has 0 radical (unpaired) electrons. The molecule has 154 valence electrons. The zero-order chi connectivity index (χ0) is 20.7. The van der Waals surface area contributed by atoms with Gasteiger partial charge in [-0.1, -0.05) is 35.3 Å². The second-order valence-corrected chi connectivity index (χ2v) is 7.79. The maximum Gasteiger partial charge on any atom is 0.392 e. The van der Waals surface area contributed by atoms with Crippen molar-refractivity contribution in [3.63, 3.8) is 0 Å². The first-order valence-electron chi connectivity index (χ1n) is 10.3. The minimum absolute atomic E-state index is 0.192. The van der Waals surface area contributed by atoms with Crippen LogP contribution in [0.25, 0.3) is 0 Å². The summed E-state index contributed by atoms with van der Waals surface area (Å²) in [6.07, 6.45) is 3.20. The van der Waals surface area contributed by atoms with Gasteiger partial charge < -0.3 is 4.42 Å². The number of furan rings is 1. The molecule has 0 spiro atoms. The number of fused-ring (bicyclic) bond motifs is 3. The van der Waals surface area contributed by atoms with E-state index in [1.807, 2.05) is 47.4 Å². The van der Waals surface area contributed by atoms with Crippen molar-refractivity contribution < 1.29 is 18.6 Å². The van der Waals surface area contributed by atoms with Gasteiger partial charge in [0.25, 0.3) is 5.91 Å². The Hall–Kier alpha value is -3.42. The summed E-state index contributed by atoms with van der Waals surface area (Å²) in [5.74, 6) is 1.92. The Morgan fingerprint density at radius 3 is 2.77 bits per heavy atom. The second kappa shape index (κ2) is 7.44. The van der Waals surface area contributed by atoms with Gasteiger partial charge in [0.05, 0.1) is 19.4 Å². The largest absolute Gasteiger partial charge is 0.466 e. The third kappa shape index (κ3) is 3.08. The number of benzene rings is 1. The van der Waals surface area contributed by atoms with Gasteiger partial charge in [0.2, 0.25) is 11.9 Å². The van der Waals surface area contributed by atoms with E-state index in [9.17, 15) is 9.59 Å². The summed E-state index contributed by atoms with van der Waals surface area (Å²) >= 11 is 0. The zero-order valence-electron chi connectivity index (χ0n) is 16.9. The molecule has 1 unspecified atom stereocenters. The molecule has 1 fully saturated rings. The highest BCUT2D eigenvalue weighted by Crippen LogP contribution is 2.26. The number of rotatable bonds is 5. The first kappa shape index (κ1) is 18.6. The van der Waals surface area contributed by atoms with Crippen molar-refractivity contribution in [1.82, 2.24) is 14.7 Å². The Kier molecular flexibility index (Phi) is 4.61. The third-order valence-electron chi connectivity index (χ3n) is 5.89. The Morgan fingerprint density at radius 2 is 2.00 bits per heavy atom. The molecule has 0 N–H and O–H groups in total. The number of hydrogen-bond acceptors (Lipinski definition) is 5. The number of hydrogen-bond donors (Lipinski definition) is 0. The predicted octanol–water partition coefficient (Wildman–Crippen LogP) is 1.77. The predicted molar refractivity (Wildman–Crippen MR) is 110 cm³/mol. The van der Waals surface area contributed by atoms with Gasteiger partial charge in [0.15, 0.2) is 0 Å². The summed E-state index contributed by atoms with van der Waals surface area (Å²) in [6.45, 7) is 2.52. The number of carbonyl (C=O) groups excluding carboxylic acids is 2. The number of carbonyl (C=O) groups is 2. The number of nitrogens with zero attached hydrogens (tertiary/aromatic N) is 5. The van der Waals surface area contributed by atoms with Gasteiger partial charge in [-0.25, -0.2) is 9.69 Å². The number of imide groups is 1. The first-order valence-corrected chi connectivity index (χ1v) is 10.3. The molecule has 8 nitrogen and oxygen atoms in total. The summed E-state index contributed by atoms with van der Waals surface area (Å²) in [5, 5.41) is 0. The normalized spacial score (nSPS) is 21.2. The van der Waals surface area contributed by atoms with Crippen molar-refractivity contribution in [1.29, 1.82) is 0 Å². The number of urea groups is 1. The maximum atomic E-state index is 13.4. The van der Waals surface area contributed by atoms with Crippen LogP contribution in [0.15, 0.2) is 58.1 Å². The smallest absolute Gasteiger partial charge is 0.392 e. The van der Waals surface area contributed by atoms with Gasteiger partial charge in [-0.15, -0.1) is 0 Å². The molecule has 1 aromatic heterocycles. The number of aliphatic imine (C=N–C) groups is 1. The summed E-state index contributed by atoms with van der Waals surface area (Å²) in [5.41, 5.74) is 1.10. The third-order valence-corrected chi connectivity index (χ3v) is 5.89. The molecule has 4 heterocycles. The lowest BCUT2D eigenvalue weighted by Crippen LogP contribution is -2.64. The van der Waals surface area contributed by atoms with Crippen LogP contribution < -0.4 is 0 Å². The first-order chi connectivity index (χ1) is 14.6. The summed E-state index contributed by atoms with van der Waals surface area (Å²) < 4.78 is 7.61. The van der Waals surface area contributed by atoms with Crippen LogP contribution in [0.4, 0.5) is 4.79 Å². The Labute approximate surface area is 174 Å². The fraction of sp³-hybridized carbons (Fsp3) is 0.364. The molecule has 1 saturated heterocycles. The number of likely N-dealkylation sites (N-methyl/N-ethyl adjacent to an activating group) is 1. The van der Waals surface area contributed by atoms with E-state index < -0.39 is 6.04 Å². The van der Waals surface area contributed by atoms with Gasteiger partial charge in [-0.2, -0.15) is 0 Å². The fourth-order valence-electron chi connectivity index (χ4n) is 4.35. The average Bonchev–Trinajstić information content (AvgIpc) is 3.41. The minimum Gasteiger partial charge on any atom is -0.466 e. The molecule has 3 aliphatic rings. The van der Waals surface area contributed by atoms with Crippen LogP contribution in [0.1, 0.15) is 17.7 Å². The molecule has 2 aromatic rings. The Balaban J connectivity index is 1.42. The lowest BCUT2D eigenvalue weighted by atomic mass is 10.1. The fourth-order valence-corrected chi connectivity index (χ4v) is 4.35. The second-order valence-electron chi connectivity index (χ2n) is 7.79. The van der Waals surface area contributed by atoms with Gasteiger partial charge in [0, 0.05) is 20.0 Å². The molecule has 3 aliphatic heterocycles. The van der Waals surface area contributed by atoms with Gasteiger partial charge in [-0.05, 0) is 24.1 Å². The molecule has 5 rings (SSSR count). The van der Waals surface area contributed by atoms with Crippen molar-refractivity contribution >= 4 is 23.7 Å².